The van der Waals surface area contributed by atoms with Crippen LogP contribution < -0.4 is 10.8 Å². The van der Waals surface area contributed by atoms with Crippen molar-refractivity contribution in [3.05, 3.63) is 29.8 Å². The predicted molar refractivity (Wildman–Crippen MR) is 99.8 cm³/mol. The number of rotatable bonds is 3. The largest absolute Gasteiger partial charge is 0.494 e. The lowest BCUT2D eigenvalue weighted by Crippen LogP contribution is -2.63. The molecule has 2 saturated heterocycles. The molecule has 2 aliphatic heterocycles. The van der Waals surface area contributed by atoms with Gasteiger partial charge in [0, 0.05) is 6.54 Å². The lowest BCUT2D eigenvalue weighted by molar-refractivity contribution is -0.145. The molecule has 1 N–H and O–H groups in total. The van der Waals surface area contributed by atoms with Crippen molar-refractivity contribution in [1.82, 2.24) is 10.2 Å². The van der Waals surface area contributed by atoms with Gasteiger partial charge in [-0.15, -0.1) is 0 Å². The number of hydrogen-bond donors (Lipinski definition) is 1. The zero-order valence-corrected chi connectivity index (χ0v) is 16.4. The average molecular weight is 358 g/mol. The van der Waals surface area contributed by atoms with Gasteiger partial charge in [0.2, 0.25) is 11.8 Å². The third-order valence-electron chi connectivity index (χ3n) is 5.81. The summed E-state index contributed by atoms with van der Waals surface area (Å²) in [7, 11) is -0.396. The van der Waals surface area contributed by atoms with Crippen LogP contribution in [0.1, 0.15) is 47.1 Å². The van der Waals surface area contributed by atoms with E-state index in [1.165, 1.54) is 0 Å². The molecular weight excluding hydrogens is 331 g/mol. The van der Waals surface area contributed by atoms with E-state index in [2.05, 4.69) is 5.32 Å². The number of carbonyl (C=O) groups excluding carboxylic acids is 2. The van der Waals surface area contributed by atoms with E-state index in [0.717, 1.165) is 11.0 Å². The smallest absolute Gasteiger partial charge is 0.399 e. The van der Waals surface area contributed by atoms with Gasteiger partial charge < -0.3 is 9.31 Å². The van der Waals surface area contributed by atoms with Crippen LogP contribution in [0.3, 0.4) is 0 Å². The van der Waals surface area contributed by atoms with Crippen LogP contribution in [-0.4, -0.2) is 47.1 Å². The van der Waals surface area contributed by atoms with Crippen LogP contribution >= 0.6 is 0 Å². The minimum atomic E-state index is -0.724. The van der Waals surface area contributed by atoms with Crippen molar-refractivity contribution < 1.29 is 18.9 Å². The normalized spacial score (nSPS) is 24.6. The van der Waals surface area contributed by atoms with Crippen molar-refractivity contribution in [1.29, 1.82) is 0 Å². The Hall–Kier alpha value is -1.70. The van der Waals surface area contributed by atoms with Gasteiger partial charge in [-0.1, -0.05) is 24.3 Å². The van der Waals surface area contributed by atoms with E-state index in [1.807, 2.05) is 70.7 Å². The minimum Gasteiger partial charge on any atom is -0.399 e. The summed E-state index contributed by atoms with van der Waals surface area (Å²) >= 11 is 0. The summed E-state index contributed by atoms with van der Waals surface area (Å²) < 4.78 is 12.1. The third-order valence-corrected chi connectivity index (χ3v) is 5.81. The number of hydrogen-bond acceptors (Lipinski definition) is 5. The number of nitrogens with one attached hydrogen (secondary N) is 1. The van der Waals surface area contributed by atoms with Crippen molar-refractivity contribution in [2.45, 2.75) is 64.8 Å². The van der Waals surface area contributed by atoms with E-state index in [4.69, 9.17) is 9.31 Å². The van der Waals surface area contributed by atoms with E-state index in [1.54, 1.807) is 0 Å². The summed E-state index contributed by atoms with van der Waals surface area (Å²) in [5.74, 6) is -0.522. The molecule has 0 bridgehead atoms. The predicted octanol–water partition coefficient (Wildman–Crippen LogP) is 1.22. The van der Waals surface area contributed by atoms with E-state index >= 15 is 0 Å². The summed E-state index contributed by atoms with van der Waals surface area (Å²) in [6.07, 6.45) is 0. The molecule has 2 aliphatic rings. The summed E-state index contributed by atoms with van der Waals surface area (Å²) in [4.78, 5) is 25.7. The molecule has 0 unspecified atom stereocenters. The molecule has 0 atom stereocenters. The molecular formula is C19H27BN2O4. The molecule has 0 spiro atoms. The highest BCUT2D eigenvalue weighted by Gasteiger charge is 2.51. The van der Waals surface area contributed by atoms with Gasteiger partial charge in [-0.25, -0.2) is 0 Å². The summed E-state index contributed by atoms with van der Waals surface area (Å²) in [6, 6.07) is 7.95. The topological polar surface area (TPSA) is 67.9 Å². The van der Waals surface area contributed by atoms with Crippen molar-refractivity contribution in [2.24, 2.45) is 0 Å². The Morgan fingerprint density at radius 3 is 2.08 bits per heavy atom. The number of piperazine rings is 1. The maximum absolute atomic E-state index is 12.1. The van der Waals surface area contributed by atoms with Crippen molar-refractivity contribution in [3.63, 3.8) is 0 Å². The molecule has 6 nitrogen and oxygen atoms in total. The second-order valence-corrected chi connectivity index (χ2v) is 8.62. The molecule has 0 radical (unpaired) electrons. The van der Waals surface area contributed by atoms with E-state index < -0.39 is 12.7 Å². The van der Waals surface area contributed by atoms with Crippen LogP contribution in [0.15, 0.2) is 24.3 Å². The molecule has 1 aromatic carbocycles. The van der Waals surface area contributed by atoms with Crippen LogP contribution in [0, 0.1) is 0 Å². The van der Waals surface area contributed by atoms with Gasteiger partial charge in [0.15, 0.2) is 0 Å². The highest BCUT2D eigenvalue weighted by atomic mass is 16.7. The first-order valence-corrected chi connectivity index (χ1v) is 8.96. The highest BCUT2D eigenvalue weighted by Crippen LogP contribution is 2.36. The van der Waals surface area contributed by atoms with Crippen molar-refractivity contribution in [2.75, 3.05) is 6.54 Å². The first-order chi connectivity index (χ1) is 11.9. The molecule has 2 heterocycles. The number of imide groups is 1. The monoisotopic (exact) mass is 358 g/mol. The fourth-order valence-corrected chi connectivity index (χ4v) is 3.07. The molecule has 0 aromatic heterocycles. The fourth-order valence-electron chi connectivity index (χ4n) is 3.07. The number of nitrogens with zero attached hydrogens (tertiary/aromatic N) is 1. The first-order valence-electron chi connectivity index (χ1n) is 8.96. The molecule has 3 rings (SSSR count). The highest BCUT2D eigenvalue weighted by molar-refractivity contribution is 6.62. The second kappa shape index (κ2) is 6.18. The fraction of sp³-hybridized carbons (Fsp3) is 0.579. The number of carbonyl (C=O) groups is 2. The third kappa shape index (κ3) is 3.31. The molecule has 2 fully saturated rings. The molecule has 1 aromatic rings. The Kier molecular flexibility index (Phi) is 4.54. The zero-order chi connectivity index (χ0) is 19.3. The SMILES string of the molecule is CC1(C)C(=O)NC(=O)CN1Cc1ccc(B2OC(C)(C)C(C)(C)O2)cc1. The lowest BCUT2D eigenvalue weighted by atomic mass is 9.79. The summed E-state index contributed by atoms with van der Waals surface area (Å²) in [6.45, 7) is 12.5. The maximum atomic E-state index is 12.1. The van der Waals surface area contributed by atoms with Crippen molar-refractivity contribution in [3.8, 4) is 0 Å². The van der Waals surface area contributed by atoms with Gasteiger partial charge in [0.25, 0.3) is 0 Å². The number of benzene rings is 1. The van der Waals surface area contributed by atoms with Crippen LogP contribution in [0.5, 0.6) is 0 Å². The van der Waals surface area contributed by atoms with Gasteiger partial charge in [-0.2, -0.15) is 0 Å². The van der Waals surface area contributed by atoms with Crippen LogP contribution in [0.2, 0.25) is 0 Å². The molecule has 7 heteroatoms. The Labute approximate surface area is 155 Å². The Balaban J connectivity index is 1.73. The summed E-state index contributed by atoms with van der Waals surface area (Å²) in [5, 5.41) is 2.39. The minimum absolute atomic E-state index is 0.206. The Bertz CT molecular complexity index is 712. The molecule has 140 valence electrons. The Morgan fingerprint density at radius 2 is 1.54 bits per heavy atom. The zero-order valence-electron chi connectivity index (χ0n) is 16.4. The molecule has 26 heavy (non-hydrogen) atoms. The van der Waals surface area contributed by atoms with E-state index in [0.29, 0.717) is 6.54 Å². The van der Waals surface area contributed by atoms with Gasteiger partial charge in [-0.05, 0) is 52.6 Å². The molecule has 2 amide bonds. The van der Waals surface area contributed by atoms with Gasteiger partial charge >= 0.3 is 7.12 Å². The van der Waals surface area contributed by atoms with Gasteiger partial charge in [-0.3, -0.25) is 19.8 Å². The van der Waals surface area contributed by atoms with E-state index in [9.17, 15) is 9.59 Å². The van der Waals surface area contributed by atoms with E-state index in [-0.39, 0.29) is 29.6 Å². The van der Waals surface area contributed by atoms with Gasteiger partial charge in [0.05, 0.1) is 23.3 Å². The Morgan fingerprint density at radius 1 is 1.00 bits per heavy atom. The standard InChI is InChI=1S/C19H27BN2O4/c1-17(2)16(24)21-15(23)12-22(17)11-13-7-9-14(10-8-13)20-25-18(3,4)19(5,6)26-20/h7-10H,11-12H2,1-6H3,(H,21,23,24). The average Bonchev–Trinajstić information content (AvgIpc) is 2.74. The summed E-state index contributed by atoms with van der Waals surface area (Å²) in [5.41, 5.74) is 0.516. The van der Waals surface area contributed by atoms with Gasteiger partial charge in [0.1, 0.15) is 0 Å². The van der Waals surface area contributed by atoms with Crippen LogP contribution in [-0.2, 0) is 25.4 Å². The van der Waals surface area contributed by atoms with Crippen molar-refractivity contribution >= 4 is 24.4 Å². The maximum Gasteiger partial charge on any atom is 0.494 e. The first kappa shape index (κ1) is 19.1. The number of amides is 2. The molecule has 0 aliphatic carbocycles. The second-order valence-electron chi connectivity index (χ2n) is 8.62. The van der Waals surface area contributed by atoms with Crippen LogP contribution in [0.25, 0.3) is 0 Å². The quantitative estimate of drug-likeness (QED) is 0.650. The van der Waals surface area contributed by atoms with Crippen LogP contribution in [0.4, 0.5) is 0 Å². The lowest BCUT2D eigenvalue weighted by Gasteiger charge is -2.40. The molecule has 0 saturated carbocycles.